The Morgan fingerprint density at radius 1 is 1.06 bits per heavy atom. The lowest BCUT2D eigenvalue weighted by atomic mass is 9.75. The van der Waals surface area contributed by atoms with Gasteiger partial charge in [0.25, 0.3) is 5.91 Å². The van der Waals surface area contributed by atoms with E-state index in [-0.39, 0.29) is 87.2 Å². The van der Waals surface area contributed by atoms with E-state index in [1.54, 1.807) is 23.1 Å². The number of halogens is 1. The van der Waals surface area contributed by atoms with Crippen molar-refractivity contribution in [3.63, 3.8) is 0 Å². The number of hydrogen-bond donors (Lipinski definition) is 5. The van der Waals surface area contributed by atoms with Gasteiger partial charge in [0.15, 0.2) is 18.1 Å². The number of aliphatic hydroxyl groups is 1. The van der Waals surface area contributed by atoms with Gasteiger partial charge in [-0.2, -0.15) is 0 Å². The second-order valence-corrected chi connectivity index (χ2v) is 14.8. The molecule has 1 aliphatic heterocycles. The Balaban J connectivity index is 1.19. The number of aromatic nitrogens is 2. The van der Waals surface area contributed by atoms with E-state index in [1.807, 2.05) is 6.07 Å². The summed E-state index contributed by atoms with van der Waals surface area (Å²) < 4.78 is 25.2. The third kappa shape index (κ3) is 10.5. The number of carbonyl (C=O) groups excluding carboxylic acids is 4. The number of aliphatic hydroxyl groups excluding tert-OH is 1. The molecule has 2 aliphatic carbocycles. The zero-order chi connectivity index (χ0) is 37.4. The number of benzene rings is 2. The number of aryl methyl sites for hydroxylation is 1. The SMILES string of the molecule is COc1ccc2cc1OCC(=O)NCCN(C(=O)CCc1nc3ccc(F)cc3[nH]1)CCCC(=O)NCC(CC1CC1)(C(=O)NC1CCC(O)CC1)C2. The average molecular weight is 735 g/mol. The molecule has 0 spiro atoms. The zero-order valence-corrected chi connectivity index (χ0v) is 30.4. The Hall–Kier alpha value is -4.72. The molecule has 3 aliphatic rings. The number of fused-ring (bicyclic) bond motifs is 3. The summed E-state index contributed by atoms with van der Waals surface area (Å²) in [5.41, 5.74) is 1.02. The molecule has 286 valence electrons. The predicted octanol–water partition coefficient (Wildman–Crippen LogP) is 3.33. The number of rotatable bonds is 8. The molecule has 1 aromatic heterocycles. The number of imidazole rings is 1. The largest absolute Gasteiger partial charge is 0.493 e. The lowest BCUT2D eigenvalue weighted by molar-refractivity contribution is -0.134. The maximum absolute atomic E-state index is 14.4. The van der Waals surface area contributed by atoms with Crippen LogP contribution in [0.15, 0.2) is 36.4 Å². The Labute approximate surface area is 308 Å². The van der Waals surface area contributed by atoms with E-state index < -0.39 is 5.41 Å². The van der Waals surface area contributed by atoms with Crippen molar-refractivity contribution in [1.29, 1.82) is 0 Å². The molecule has 6 rings (SSSR count). The number of aromatic amines is 1. The molecule has 2 heterocycles. The molecule has 2 aromatic carbocycles. The van der Waals surface area contributed by atoms with Crippen LogP contribution in [-0.2, 0) is 32.0 Å². The van der Waals surface area contributed by atoms with Crippen LogP contribution in [0.25, 0.3) is 11.0 Å². The summed E-state index contributed by atoms with van der Waals surface area (Å²) in [7, 11) is 1.52. The highest BCUT2D eigenvalue weighted by Gasteiger charge is 2.44. The summed E-state index contributed by atoms with van der Waals surface area (Å²) in [4.78, 5) is 63.3. The van der Waals surface area contributed by atoms with Gasteiger partial charge in [0, 0.05) is 51.5 Å². The molecule has 3 aromatic rings. The van der Waals surface area contributed by atoms with Gasteiger partial charge < -0.3 is 40.4 Å². The number of amides is 4. The highest BCUT2D eigenvalue weighted by atomic mass is 19.1. The van der Waals surface area contributed by atoms with Crippen molar-refractivity contribution in [3.8, 4) is 11.5 Å². The van der Waals surface area contributed by atoms with Crippen molar-refractivity contribution in [2.45, 2.75) is 89.2 Å². The summed E-state index contributed by atoms with van der Waals surface area (Å²) in [5, 5.41) is 19.2. The summed E-state index contributed by atoms with van der Waals surface area (Å²) in [5.74, 6) is 0.457. The number of H-pyrrole nitrogens is 1. The average Bonchev–Trinajstić information content (AvgIpc) is 3.87. The number of nitrogens with zero attached hydrogens (tertiary/aromatic N) is 2. The van der Waals surface area contributed by atoms with Crippen LogP contribution in [-0.4, -0.2) is 95.6 Å². The lowest BCUT2D eigenvalue weighted by Crippen LogP contribution is -2.53. The molecule has 14 heteroatoms. The predicted molar refractivity (Wildman–Crippen MR) is 195 cm³/mol. The Morgan fingerprint density at radius 3 is 2.64 bits per heavy atom. The van der Waals surface area contributed by atoms with Gasteiger partial charge in [0.2, 0.25) is 17.7 Å². The molecule has 53 heavy (non-hydrogen) atoms. The normalized spacial score (nSPS) is 23.6. The van der Waals surface area contributed by atoms with Crippen LogP contribution in [0, 0.1) is 17.2 Å². The van der Waals surface area contributed by atoms with Crippen LogP contribution < -0.4 is 25.4 Å². The molecule has 1 unspecified atom stereocenters. The standard InChI is InChI=1S/C39H51FN6O7/c1-52-32-13-6-26-19-33(32)53-23-36(49)41-16-18-46(37(50)15-14-34-44-30-12-7-27(40)20-31(30)45-34)17-2-3-35(48)42-24-39(22-26,21-25-4-5-25)38(51)43-28-8-10-29(47)11-9-28/h6-7,12-13,19-20,25,28-29,47H,2-5,8-11,14-18,21-24H2,1H3,(H,41,49)(H,42,48)(H,43,51)(H,44,45). The Kier molecular flexibility index (Phi) is 12.5. The van der Waals surface area contributed by atoms with Crippen LogP contribution >= 0.6 is 0 Å². The van der Waals surface area contributed by atoms with Gasteiger partial charge in [-0.25, -0.2) is 9.37 Å². The fourth-order valence-electron chi connectivity index (χ4n) is 7.44. The molecule has 2 saturated carbocycles. The fourth-order valence-corrected chi connectivity index (χ4v) is 7.44. The molecule has 0 saturated heterocycles. The van der Waals surface area contributed by atoms with Gasteiger partial charge in [-0.15, -0.1) is 0 Å². The summed E-state index contributed by atoms with van der Waals surface area (Å²) in [6.45, 7) is 0.544. The van der Waals surface area contributed by atoms with Crippen LogP contribution in [0.5, 0.6) is 11.5 Å². The van der Waals surface area contributed by atoms with Crippen LogP contribution in [0.2, 0.25) is 0 Å². The van der Waals surface area contributed by atoms with Gasteiger partial charge >= 0.3 is 0 Å². The molecule has 13 nitrogen and oxygen atoms in total. The number of carbonyl (C=O) groups is 4. The third-order valence-electron chi connectivity index (χ3n) is 10.6. The number of methoxy groups -OCH3 is 1. The third-order valence-corrected chi connectivity index (χ3v) is 10.6. The van der Waals surface area contributed by atoms with E-state index >= 15 is 0 Å². The highest BCUT2D eigenvalue weighted by molar-refractivity contribution is 5.85. The van der Waals surface area contributed by atoms with Gasteiger partial charge in [-0.3, -0.25) is 19.2 Å². The van der Waals surface area contributed by atoms with Crippen molar-refractivity contribution < 1.29 is 38.1 Å². The highest BCUT2D eigenvalue weighted by Crippen LogP contribution is 2.43. The molecule has 2 bridgehead atoms. The maximum Gasteiger partial charge on any atom is 0.258 e. The maximum atomic E-state index is 14.4. The van der Waals surface area contributed by atoms with E-state index in [2.05, 4.69) is 25.9 Å². The number of ether oxygens (including phenoxy) is 2. The topological polar surface area (TPSA) is 175 Å². The molecule has 1 atom stereocenters. The first kappa shape index (κ1) is 38.0. The van der Waals surface area contributed by atoms with Crippen LogP contribution in [0.1, 0.15) is 75.6 Å². The van der Waals surface area contributed by atoms with E-state index in [1.165, 1.54) is 19.2 Å². The number of hydrogen-bond acceptors (Lipinski definition) is 8. The quantitative estimate of drug-likeness (QED) is 0.234. The monoisotopic (exact) mass is 734 g/mol. The van der Waals surface area contributed by atoms with E-state index in [0.29, 0.717) is 85.6 Å². The van der Waals surface area contributed by atoms with Crippen LogP contribution in [0.4, 0.5) is 4.39 Å². The minimum Gasteiger partial charge on any atom is -0.493 e. The van der Waals surface area contributed by atoms with Gasteiger partial charge in [-0.1, -0.05) is 18.9 Å². The summed E-state index contributed by atoms with van der Waals surface area (Å²) in [6, 6.07) is 9.65. The molecule has 2 fully saturated rings. The first-order valence-corrected chi connectivity index (χ1v) is 18.8. The summed E-state index contributed by atoms with van der Waals surface area (Å²) >= 11 is 0. The van der Waals surface area contributed by atoms with Crippen molar-refractivity contribution in [2.75, 3.05) is 39.9 Å². The van der Waals surface area contributed by atoms with Crippen molar-refractivity contribution in [1.82, 2.24) is 30.8 Å². The molecular formula is C39H51FN6O7. The van der Waals surface area contributed by atoms with E-state index in [9.17, 15) is 28.7 Å². The first-order chi connectivity index (χ1) is 25.6. The van der Waals surface area contributed by atoms with Crippen LogP contribution in [0.3, 0.4) is 0 Å². The van der Waals surface area contributed by atoms with E-state index in [4.69, 9.17) is 9.47 Å². The van der Waals surface area contributed by atoms with Crippen molar-refractivity contribution >= 4 is 34.7 Å². The molecule has 0 radical (unpaired) electrons. The van der Waals surface area contributed by atoms with Gasteiger partial charge in [0.1, 0.15) is 11.6 Å². The summed E-state index contributed by atoms with van der Waals surface area (Å²) in [6.07, 6.45) is 6.21. The molecule has 5 N–H and O–H groups in total. The van der Waals surface area contributed by atoms with Gasteiger partial charge in [-0.05, 0) is 86.8 Å². The number of nitrogens with one attached hydrogen (secondary N) is 4. The zero-order valence-electron chi connectivity index (χ0n) is 30.4. The minimum atomic E-state index is -0.952. The smallest absolute Gasteiger partial charge is 0.258 e. The molecule has 4 amide bonds. The second kappa shape index (κ2) is 17.4. The second-order valence-electron chi connectivity index (χ2n) is 14.8. The minimum absolute atomic E-state index is 0.0580. The Morgan fingerprint density at radius 2 is 1.87 bits per heavy atom. The first-order valence-electron chi connectivity index (χ1n) is 18.8. The van der Waals surface area contributed by atoms with Gasteiger partial charge in [0.05, 0.1) is 29.7 Å². The fraction of sp³-hybridized carbons (Fsp3) is 0.564. The molecular weight excluding hydrogens is 683 g/mol. The van der Waals surface area contributed by atoms with E-state index in [0.717, 1.165) is 18.4 Å². The van der Waals surface area contributed by atoms with Crippen molar-refractivity contribution in [2.24, 2.45) is 11.3 Å². The van der Waals surface area contributed by atoms with Crippen molar-refractivity contribution in [3.05, 3.63) is 53.6 Å². The Bertz CT molecular complexity index is 1770. The lowest BCUT2D eigenvalue weighted by Gasteiger charge is -2.36.